The number of rotatable bonds is 4. The second-order valence-electron chi connectivity index (χ2n) is 9.27. The fourth-order valence-corrected chi connectivity index (χ4v) is 4.89. The number of carboxylic acids is 1. The monoisotopic (exact) mass is 422 g/mol. The Kier molecular flexibility index (Phi) is 5.45. The highest BCUT2D eigenvalue weighted by Crippen LogP contribution is 2.41. The molecule has 2 aliphatic rings. The standard InChI is InChI=1S/C24H30N4O3/c1-13-11-17(9-10-18(13)16-7-5-15(6-8-16)12-19(29)30)21-24(3,4)31-23-20(28-21)22(25)26-14(2)27-23/h9-11,15-16H,5-8,12H2,1-4H3,(H,29,30)(H2,25,26,27). The zero-order valence-electron chi connectivity index (χ0n) is 18.6. The minimum atomic E-state index is -0.690. The van der Waals surface area contributed by atoms with Crippen molar-refractivity contribution >= 4 is 23.2 Å². The van der Waals surface area contributed by atoms with Crippen LogP contribution in [0.15, 0.2) is 23.2 Å². The summed E-state index contributed by atoms with van der Waals surface area (Å²) >= 11 is 0. The smallest absolute Gasteiger partial charge is 0.303 e. The molecule has 1 aliphatic carbocycles. The molecule has 2 aromatic rings. The van der Waals surface area contributed by atoms with Crippen LogP contribution in [0.25, 0.3) is 0 Å². The van der Waals surface area contributed by atoms with Crippen LogP contribution < -0.4 is 10.5 Å². The predicted molar refractivity (Wildman–Crippen MR) is 120 cm³/mol. The summed E-state index contributed by atoms with van der Waals surface area (Å²) in [5.74, 6) is 1.39. The third-order valence-corrected chi connectivity index (χ3v) is 6.43. The van der Waals surface area contributed by atoms with Crippen LogP contribution in [0, 0.1) is 19.8 Å². The number of carboxylic acid groups (broad SMARTS) is 1. The first-order valence-corrected chi connectivity index (χ1v) is 10.9. The third kappa shape index (κ3) is 4.27. The number of hydrogen-bond acceptors (Lipinski definition) is 6. The molecule has 3 N–H and O–H groups in total. The van der Waals surface area contributed by atoms with Gasteiger partial charge in [-0.15, -0.1) is 0 Å². The third-order valence-electron chi connectivity index (χ3n) is 6.43. The van der Waals surface area contributed by atoms with Crippen LogP contribution in [0.1, 0.15) is 74.4 Å². The summed E-state index contributed by atoms with van der Waals surface area (Å²) in [6.07, 6.45) is 4.30. The highest BCUT2D eigenvalue weighted by atomic mass is 16.5. The number of carbonyl (C=O) groups is 1. The number of nitrogen functional groups attached to an aromatic ring is 1. The summed E-state index contributed by atoms with van der Waals surface area (Å²) in [5, 5.41) is 9.04. The Morgan fingerprint density at radius 3 is 2.55 bits per heavy atom. The zero-order chi connectivity index (χ0) is 22.3. The Balaban J connectivity index is 1.60. The van der Waals surface area contributed by atoms with Crippen molar-refractivity contribution in [1.29, 1.82) is 0 Å². The van der Waals surface area contributed by atoms with Crippen molar-refractivity contribution in [2.45, 2.75) is 71.3 Å². The van der Waals surface area contributed by atoms with Crippen molar-refractivity contribution in [2.75, 3.05) is 5.73 Å². The van der Waals surface area contributed by atoms with Crippen LogP contribution in [0.2, 0.25) is 0 Å². The van der Waals surface area contributed by atoms with E-state index in [9.17, 15) is 4.79 Å². The van der Waals surface area contributed by atoms with Gasteiger partial charge in [0.2, 0.25) is 5.88 Å². The molecule has 0 amide bonds. The van der Waals surface area contributed by atoms with E-state index in [1.54, 1.807) is 6.92 Å². The number of nitrogens with zero attached hydrogens (tertiary/aromatic N) is 3. The average Bonchev–Trinajstić information content (AvgIpc) is 2.67. The maximum atomic E-state index is 11.0. The molecule has 1 fully saturated rings. The van der Waals surface area contributed by atoms with E-state index < -0.39 is 11.6 Å². The lowest BCUT2D eigenvalue weighted by Crippen LogP contribution is -2.41. The van der Waals surface area contributed by atoms with Crippen molar-refractivity contribution in [3.05, 3.63) is 40.7 Å². The molecule has 0 bridgehead atoms. The Bertz CT molecular complexity index is 1050. The van der Waals surface area contributed by atoms with Crippen LogP contribution in [0.3, 0.4) is 0 Å². The number of ether oxygens (including phenoxy) is 1. The molecular weight excluding hydrogens is 392 g/mol. The quantitative estimate of drug-likeness (QED) is 0.738. The summed E-state index contributed by atoms with van der Waals surface area (Å²) in [5.41, 5.74) is 10.3. The van der Waals surface area contributed by atoms with Crippen molar-refractivity contribution < 1.29 is 14.6 Å². The van der Waals surface area contributed by atoms with E-state index in [1.807, 2.05) is 13.8 Å². The van der Waals surface area contributed by atoms with Gasteiger partial charge in [-0.05, 0) is 82.4 Å². The number of anilines is 1. The van der Waals surface area contributed by atoms with Crippen LogP contribution >= 0.6 is 0 Å². The number of aromatic nitrogens is 2. The summed E-state index contributed by atoms with van der Waals surface area (Å²) < 4.78 is 6.17. The molecular formula is C24H30N4O3. The molecule has 2 heterocycles. The van der Waals surface area contributed by atoms with Crippen LogP contribution in [-0.2, 0) is 4.79 Å². The molecule has 1 saturated carbocycles. The molecule has 0 atom stereocenters. The van der Waals surface area contributed by atoms with E-state index in [4.69, 9.17) is 20.6 Å². The topological polar surface area (TPSA) is 111 Å². The first-order valence-electron chi connectivity index (χ1n) is 10.9. The summed E-state index contributed by atoms with van der Waals surface area (Å²) in [6, 6.07) is 6.46. The number of nitrogens with two attached hydrogens (primary N) is 1. The van der Waals surface area contributed by atoms with E-state index >= 15 is 0 Å². The van der Waals surface area contributed by atoms with E-state index in [0.717, 1.165) is 37.0 Å². The molecule has 164 valence electrons. The van der Waals surface area contributed by atoms with Gasteiger partial charge in [0.1, 0.15) is 11.4 Å². The highest BCUT2D eigenvalue weighted by Gasteiger charge is 2.36. The zero-order valence-corrected chi connectivity index (χ0v) is 18.6. The second kappa shape index (κ2) is 7.94. The summed E-state index contributed by atoms with van der Waals surface area (Å²) in [6.45, 7) is 7.88. The Labute approximate surface area is 182 Å². The van der Waals surface area contributed by atoms with Crippen LogP contribution in [0.5, 0.6) is 5.88 Å². The Hall–Kier alpha value is -2.96. The number of benzene rings is 1. The molecule has 0 radical (unpaired) electrons. The number of aliphatic imine (C=N–C) groups is 1. The SMILES string of the molecule is Cc1nc(N)c2c(n1)OC(C)(C)C(c1ccc(C3CCC(CC(=O)O)CC3)c(C)c1)=N2. The van der Waals surface area contributed by atoms with Gasteiger partial charge in [-0.3, -0.25) is 4.79 Å². The van der Waals surface area contributed by atoms with Crippen molar-refractivity contribution in [2.24, 2.45) is 10.9 Å². The van der Waals surface area contributed by atoms with Gasteiger partial charge in [-0.1, -0.05) is 12.1 Å². The molecule has 1 aromatic heterocycles. The lowest BCUT2D eigenvalue weighted by molar-refractivity contribution is -0.138. The minimum Gasteiger partial charge on any atom is -0.481 e. The molecule has 4 rings (SSSR count). The van der Waals surface area contributed by atoms with Crippen LogP contribution in [0.4, 0.5) is 11.5 Å². The maximum Gasteiger partial charge on any atom is 0.303 e. The second-order valence-corrected chi connectivity index (χ2v) is 9.27. The Morgan fingerprint density at radius 2 is 1.90 bits per heavy atom. The van der Waals surface area contributed by atoms with Gasteiger partial charge in [0, 0.05) is 12.0 Å². The van der Waals surface area contributed by atoms with Gasteiger partial charge < -0.3 is 15.6 Å². The summed E-state index contributed by atoms with van der Waals surface area (Å²) in [4.78, 5) is 24.4. The molecule has 7 nitrogen and oxygen atoms in total. The fourth-order valence-electron chi connectivity index (χ4n) is 4.89. The number of fused-ring (bicyclic) bond motifs is 1. The predicted octanol–water partition coefficient (Wildman–Crippen LogP) is 4.72. The molecule has 0 unspecified atom stereocenters. The molecule has 1 aromatic carbocycles. The number of hydrogen-bond donors (Lipinski definition) is 2. The fraction of sp³-hybridized carbons (Fsp3) is 0.500. The number of aliphatic carboxylic acids is 1. The normalized spacial score (nSPS) is 22.3. The lowest BCUT2D eigenvalue weighted by atomic mass is 9.76. The van der Waals surface area contributed by atoms with E-state index in [2.05, 4.69) is 35.1 Å². The van der Waals surface area contributed by atoms with Crippen molar-refractivity contribution in [1.82, 2.24) is 9.97 Å². The lowest BCUT2D eigenvalue weighted by Gasteiger charge is -2.33. The first-order chi connectivity index (χ1) is 14.6. The molecule has 0 spiro atoms. The van der Waals surface area contributed by atoms with Gasteiger partial charge in [-0.25, -0.2) is 9.98 Å². The largest absolute Gasteiger partial charge is 0.481 e. The maximum absolute atomic E-state index is 11.0. The van der Waals surface area contributed by atoms with Gasteiger partial charge in [0.05, 0.1) is 5.71 Å². The molecule has 1 aliphatic heterocycles. The average molecular weight is 423 g/mol. The van der Waals surface area contributed by atoms with Gasteiger partial charge in [-0.2, -0.15) is 4.98 Å². The summed E-state index contributed by atoms with van der Waals surface area (Å²) in [7, 11) is 0. The van der Waals surface area contributed by atoms with Gasteiger partial charge >= 0.3 is 5.97 Å². The molecule has 31 heavy (non-hydrogen) atoms. The Morgan fingerprint density at radius 1 is 1.19 bits per heavy atom. The van der Waals surface area contributed by atoms with Crippen LogP contribution in [-0.4, -0.2) is 32.4 Å². The van der Waals surface area contributed by atoms with E-state index in [0.29, 0.717) is 35.0 Å². The van der Waals surface area contributed by atoms with Crippen molar-refractivity contribution in [3.8, 4) is 5.88 Å². The minimum absolute atomic E-state index is 0.285. The molecule has 7 heteroatoms. The molecule has 0 saturated heterocycles. The first kappa shape index (κ1) is 21.3. The van der Waals surface area contributed by atoms with Gasteiger partial charge in [0.25, 0.3) is 0 Å². The van der Waals surface area contributed by atoms with E-state index in [1.165, 1.54) is 11.1 Å². The number of aryl methyl sites for hydroxylation is 2. The van der Waals surface area contributed by atoms with E-state index in [-0.39, 0.29) is 6.42 Å². The van der Waals surface area contributed by atoms with Gasteiger partial charge in [0.15, 0.2) is 11.5 Å². The van der Waals surface area contributed by atoms with Crippen molar-refractivity contribution in [3.63, 3.8) is 0 Å². The highest BCUT2D eigenvalue weighted by molar-refractivity contribution is 6.09.